The summed E-state index contributed by atoms with van der Waals surface area (Å²) in [7, 11) is 1.91. The number of halogens is 1. The second-order valence-electron chi connectivity index (χ2n) is 15.0. The van der Waals surface area contributed by atoms with Gasteiger partial charge in [-0.05, 0) is 68.4 Å². The van der Waals surface area contributed by atoms with E-state index in [1.54, 1.807) is 11.8 Å². The van der Waals surface area contributed by atoms with Gasteiger partial charge in [0, 0.05) is 74.6 Å². The Bertz CT molecular complexity index is 2080. The van der Waals surface area contributed by atoms with Crippen LogP contribution in [-0.2, 0) is 19.3 Å². The number of pyridine rings is 1. The molecule has 0 radical (unpaired) electrons. The molecule has 274 valence electrons. The number of carbonyl (C=O) groups excluding carboxylic acids is 5. The van der Waals surface area contributed by atoms with Crippen LogP contribution in [0, 0.1) is 23.1 Å². The molecule has 9 rings (SSSR count). The quantitative estimate of drug-likeness (QED) is 0.264. The minimum absolute atomic E-state index is 0.00310. The maximum Gasteiger partial charge on any atom is 0.262 e. The standard InChI is InChI=1S/C37H38FN9O5S/c1-39-27-13-28(26-3-2-8-40-26)41-16-24(27)37(44-42-19-53-37)21-14-36(15-21)17-46(18-36)33(50)20-6-9-45(10-7-20)30-12-23-22(11-25(30)38)34(51)47(35(23)52)29-4-5-31(48)43-32(29)49/h2-3,8,11-13,16,19-21,29,40,44H,4-7,9-10,14-15,17-18H2,1H3,(H,39,41)(H,43,48,49). The van der Waals surface area contributed by atoms with Gasteiger partial charge in [-0.25, -0.2) is 4.39 Å². The highest BCUT2D eigenvalue weighted by Gasteiger charge is 2.61. The number of benzene rings is 1. The fourth-order valence-electron chi connectivity index (χ4n) is 9.18. The highest BCUT2D eigenvalue weighted by atomic mass is 32.2. The van der Waals surface area contributed by atoms with Crippen molar-refractivity contribution in [3.05, 3.63) is 65.2 Å². The first-order valence-corrected chi connectivity index (χ1v) is 18.9. The Balaban J connectivity index is 0.815. The fourth-order valence-corrected chi connectivity index (χ4v) is 10.2. The summed E-state index contributed by atoms with van der Waals surface area (Å²) < 4.78 is 15.5. The summed E-state index contributed by atoms with van der Waals surface area (Å²) >= 11 is 1.67. The number of nitrogens with zero attached hydrogens (tertiary/aromatic N) is 5. The molecule has 1 aliphatic carbocycles. The van der Waals surface area contributed by atoms with E-state index in [4.69, 9.17) is 4.98 Å². The molecule has 3 aromatic rings. The smallest absolute Gasteiger partial charge is 0.262 e. The molecular formula is C37H38FN9O5S. The van der Waals surface area contributed by atoms with Crippen molar-refractivity contribution in [2.75, 3.05) is 43.4 Å². The first kappa shape index (κ1) is 33.6. The molecule has 3 saturated heterocycles. The lowest BCUT2D eigenvalue weighted by atomic mass is 9.55. The van der Waals surface area contributed by atoms with Gasteiger partial charge < -0.3 is 20.1 Å². The van der Waals surface area contributed by atoms with Crippen molar-refractivity contribution in [2.24, 2.45) is 22.4 Å². The van der Waals surface area contributed by atoms with Crippen LogP contribution in [0.25, 0.3) is 11.4 Å². The largest absolute Gasteiger partial charge is 0.388 e. The number of fused-ring (bicyclic) bond motifs is 1. The van der Waals surface area contributed by atoms with Crippen LogP contribution in [0.15, 0.2) is 47.8 Å². The molecule has 5 aliphatic heterocycles. The summed E-state index contributed by atoms with van der Waals surface area (Å²) in [5.41, 5.74) is 9.32. The number of hydrogen-bond donors (Lipinski definition) is 4. The van der Waals surface area contributed by atoms with Crippen molar-refractivity contribution in [2.45, 2.75) is 49.4 Å². The molecular weight excluding hydrogens is 702 g/mol. The normalized spacial score (nSPS) is 25.3. The Morgan fingerprint density at radius 2 is 1.79 bits per heavy atom. The highest BCUT2D eigenvalue weighted by molar-refractivity contribution is 8.13. The zero-order valence-corrected chi connectivity index (χ0v) is 29.8. The maximum atomic E-state index is 15.5. The summed E-state index contributed by atoms with van der Waals surface area (Å²) in [6.45, 7) is 2.27. The number of hydrogen-bond acceptors (Lipinski definition) is 11. The van der Waals surface area contributed by atoms with Crippen LogP contribution in [0.2, 0.25) is 0 Å². The van der Waals surface area contributed by atoms with Gasteiger partial charge in [0.25, 0.3) is 11.8 Å². The third kappa shape index (κ3) is 5.31. The zero-order chi connectivity index (χ0) is 36.6. The molecule has 4 N–H and O–H groups in total. The van der Waals surface area contributed by atoms with Crippen LogP contribution in [0.4, 0.5) is 15.8 Å². The maximum absolute atomic E-state index is 15.5. The third-order valence-corrected chi connectivity index (χ3v) is 13.2. The molecule has 5 amide bonds. The molecule has 7 heterocycles. The third-order valence-electron chi connectivity index (χ3n) is 12.0. The van der Waals surface area contributed by atoms with Crippen molar-refractivity contribution in [1.29, 1.82) is 0 Å². The van der Waals surface area contributed by atoms with Gasteiger partial charge in [0.1, 0.15) is 16.7 Å². The van der Waals surface area contributed by atoms with E-state index in [1.807, 2.05) is 46.9 Å². The number of aromatic nitrogens is 2. The Morgan fingerprint density at radius 3 is 2.45 bits per heavy atom. The number of amides is 5. The molecule has 1 aromatic carbocycles. The van der Waals surface area contributed by atoms with Gasteiger partial charge in [-0.2, -0.15) is 5.10 Å². The van der Waals surface area contributed by atoms with Crippen molar-refractivity contribution < 1.29 is 28.4 Å². The molecule has 14 nitrogen and oxygen atoms in total. The minimum Gasteiger partial charge on any atom is -0.388 e. The molecule has 6 aliphatic rings. The Hall–Kier alpha value is -5.25. The molecule has 2 aromatic heterocycles. The highest BCUT2D eigenvalue weighted by Crippen LogP contribution is 2.62. The predicted molar refractivity (Wildman–Crippen MR) is 194 cm³/mol. The summed E-state index contributed by atoms with van der Waals surface area (Å²) in [4.78, 5) is 76.3. The number of thioether (sulfide) groups is 1. The van der Waals surface area contributed by atoms with Crippen molar-refractivity contribution >= 4 is 58.2 Å². The Kier molecular flexibility index (Phi) is 7.87. The van der Waals surface area contributed by atoms with Crippen LogP contribution in [0.1, 0.15) is 64.8 Å². The SMILES string of the molecule is CNc1cc(-c2ccc[nH]2)ncc1C1(C2CC3(C2)CN(C(=O)C2CCN(c4cc5c(cc4F)C(=O)N(C4CCC(=O)NC4=O)C5=O)CC2)C3)NN=CS1. The van der Waals surface area contributed by atoms with E-state index in [1.165, 1.54) is 6.07 Å². The van der Waals surface area contributed by atoms with Gasteiger partial charge in [-0.3, -0.25) is 44.6 Å². The van der Waals surface area contributed by atoms with E-state index >= 15 is 4.39 Å². The fraction of sp³-hybridized carbons (Fsp3) is 0.432. The molecule has 1 spiro atoms. The number of H-pyrrole nitrogens is 1. The summed E-state index contributed by atoms with van der Waals surface area (Å²) in [5.74, 6) is -3.01. The number of anilines is 2. The van der Waals surface area contributed by atoms with Crippen LogP contribution in [0.3, 0.4) is 0 Å². The average molecular weight is 740 g/mol. The number of carbonyl (C=O) groups is 5. The van der Waals surface area contributed by atoms with E-state index in [0.717, 1.165) is 46.4 Å². The Morgan fingerprint density at radius 1 is 1.04 bits per heavy atom. The average Bonchev–Trinajstić information content (AvgIpc) is 3.89. The van der Waals surface area contributed by atoms with Crippen molar-refractivity contribution in [3.8, 4) is 11.4 Å². The van der Waals surface area contributed by atoms with Crippen LogP contribution < -0.4 is 21.0 Å². The summed E-state index contributed by atoms with van der Waals surface area (Å²) in [6, 6.07) is 7.32. The van der Waals surface area contributed by atoms with Gasteiger partial charge >= 0.3 is 0 Å². The van der Waals surface area contributed by atoms with E-state index < -0.39 is 40.4 Å². The Labute approximate surface area is 308 Å². The van der Waals surface area contributed by atoms with Gasteiger partial charge in [-0.1, -0.05) is 11.8 Å². The van der Waals surface area contributed by atoms with Crippen molar-refractivity contribution in [3.63, 3.8) is 0 Å². The molecule has 1 saturated carbocycles. The number of piperidine rings is 2. The van der Waals surface area contributed by atoms with Gasteiger partial charge in [0.15, 0.2) is 0 Å². The van der Waals surface area contributed by atoms with Crippen LogP contribution in [-0.4, -0.2) is 94.1 Å². The van der Waals surface area contributed by atoms with E-state index in [0.29, 0.717) is 44.9 Å². The summed E-state index contributed by atoms with van der Waals surface area (Å²) in [5, 5.41) is 9.95. The molecule has 0 bridgehead atoms. The number of rotatable bonds is 7. The molecule has 53 heavy (non-hydrogen) atoms. The molecule has 16 heteroatoms. The van der Waals surface area contributed by atoms with Gasteiger partial charge in [0.2, 0.25) is 17.7 Å². The predicted octanol–water partition coefficient (Wildman–Crippen LogP) is 3.25. The lowest BCUT2D eigenvalue weighted by molar-refractivity contribution is -0.162. The number of aromatic amines is 1. The lowest BCUT2D eigenvalue weighted by Gasteiger charge is -2.62. The van der Waals surface area contributed by atoms with E-state index in [2.05, 4.69) is 32.2 Å². The number of likely N-dealkylation sites (tertiary alicyclic amines) is 1. The van der Waals surface area contributed by atoms with Crippen LogP contribution >= 0.6 is 11.8 Å². The minimum atomic E-state index is -1.12. The number of nitrogens with one attached hydrogen (secondary N) is 4. The first-order chi connectivity index (χ1) is 25.6. The van der Waals surface area contributed by atoms with Crippen LogP contribution in [0.5, 0.6) is 0 Å². The number of hydrazone groups is 1. The second kappa shape index (κ2) is 12.4. The van der Waals surface area contributed by atoms with E-state index in [9.17, 15) is 24.0 Å². The summed E-state index contributed by atoms with van der Waals surface area (Å²) in [6.07, 6.45) is 6.84. The molecule has 2 unspecified atom stereocenters. The number of imide groups is 2. The second-order valence-corrected chi connectivity index (χ2v) is 16.1. The van der Waals surface area contributed by atoms with Gasteiger partial charge in [-0.15, -0.1) is 0 Å². The topological polar surface area (TPSA) is 172 Å². The molecule has 2 atom stereocenters. The zero-order valence-electron chi connectivity index (χ0n) is 29.0. The monoisotopic (exact) mass is 739 g/mol. The van der Waals surface area contributed by atoms with Gasteiger partial charge in [0.05, 0.1) is 33.7 Å². The lowest BCUT2D eigenvalue weighted by Crippen LogP contribution is -2.67. The van der Waals surface area contributed by atoms with Crippen molar-refractivity contribution in [1.82, 2.24) is 30.5 Å². The van der Waals surface area contributed by atoms with E-state index in [-0.39, 0.29) is 46.9 Å². The first-order valence-electron chi connectivity index (χ1n) is 18.0. The molecule has 4 fully saturated rings.